The highest BCUT2D eigenvalue weighted by Gasteiger charge is 2.22. The van der Waals surface area contributed by atoms with Gasteiger partial charge in [0.25, 0.3) is 0 Å². The van der Waals surface area contributed by atoms with Gasteiger partial charge in [0.2, 0.25) is 5.91 Å². The van der Waals surface area contributed by atoms with Gasteiger partial charge >= 0.3 is 0 Å². The van der Waals surface area contributed by atoms with Crippen LogP contribution < -0.4 is 10.6 Å². The predicted molar refractivity (Wildman–Crippen MR) is 75.8 cm³/mol. The van der Waals surface area contributed by atoms with Crippen molar-refractivity contribution in [3.8, 4) is 0 Å². The Balaban J connectivity index is 1.95. The molecule has 3 nitrogen and oxygen atoms in total. The molecule has 0 saturated heterocycles. The van der Waals surface area contributed by atoms with Crippen molar-refractivity contribution in [3.63, 3.8) is 0 Å². The predicted octanol–water partition coefficient (Wildman–Crippen LogP) is 3.64. The Morgan fingerprint density at radius 1 is 1.33 bits per heavy atom. The van der Waals surface area contributed by atoms with Gasteiger partial charge in [-0.2, -0.15) is 0 Å². The van der Waals surface area contributed by atoms with Gasteiger partial charge in [0.05, 0.1) is 0 Å². The lowest BCUT2D eigenvalue weighted by Gasteiger charge is -2.15. The lowest BCUT2D eigenvalue weighted by molar-refractivity contribution is -0.114. The Kier molecular flexibility index (Phi) is 4.24. The molecule has 1 aromatic carbocycles. The van der Waals surface area contributed by atoms with Crippen molar-refractivity contribution in [1.29, 1.82) is 0 Å². The molecule has 3 heteroatoms. The van der Waals surface area contributed by atoms with Crippen molar-refractivity contribution in [2.75, 3.05) is 10.6 Å². The molecule has 2 atom stereocenters. The van der Waals surface area contributed by atoms with Crippen molar-refractivity contribution < 1.29 is 4.79 Å². The van der Waals surface area contributed by atoms with Crippen LogP contribution in [-0.4, -0.2) is 11.9 Å². The standard InChI is InChI=1S/C15H22N2O/c1-3-12-7-8-15(9-12)17-14-6-4-5-13(10-14)16-11(2)18/h4-6,10,12,15,17H,3,7-9H2,1-2H3,(H,16,18). The third-order valence-electron chi connectivity index (χ3n) is 3.67. The zero-order valence-corrected chi connectivity index (χ0v) is 11.2. The first-order valence-corrected chi connectivity index (χ1v) is 6.81. The maximum atomic E-state index is 11.0. The summed E-state index contributed by atoms with van der Waals surface area (Å²) in [7, 11) is 0. The Bertz CT molecular complexity index is 417. The minimum Gasteiger partial charge on any atom is -0.382 e. The van der Waals surface area contributed by atoms with Crippen LogP contribution in [0.1, 0.15) is 39.5 Å². The SMILES string of the molecule is CCC1CCC(Nc2cccc(NC(C)=O)c2)C1. The molecule has 1 saturated carbocycles. The van der Waals surface area contributed by atoms with Gasteiger partial charge in [-0.3, -0.25) is 4.79 Å². The Labute approximate surface area is 109 Å². The molecule has 1 aliphatic carbocycles. The second-order valence-electron chi connectivity index (χ2n) is 5.19. The van der Waals surface area contributed by atoms with E-state index in [1.165, 1.54) is 32.6 Å². The third kappa shape index (κ3) is 3.49. The summed E-state index contributed by atoms with van der Waals surface area (Å²) in [5.74, 6) is 0.847. The Hall–Kier alpha value is -1.51. The lowest BCUT2D eigenvalue weighted by Crippen LogP contribution is -2.15. The Morgan fingerprint density at radius 2 is 2.11 bits per heavy atom. The summed E-state index contributed by atoms with van der Waals surface area (Å²) in [6, 6.07) is 8.53. The molecule has 1 aromatic rings. The molecule has 0 bridgehead atoms. The quantitative estimate of drug-likeness (QED) is 0.851. The number of carbonyl (C=O) groups excluding carboxylic acids is 1. The Morgan fingerprint density at radius 3 is 2.78 bits per heavy atom. The molecule has 1 aliphatic rings. The molecule has 2 rings (SSSR count). The molecule has 98 valence electrons. The van der Waals surface area contributed by atoms with Gasteiger partial charge in [0.15, 0.2) is 0 Å². The smallest absolute Gasteiger partial charge is 0.221 e. The van der Waals surface area contributed by atoms with E-state index >= 15 is 0 Å². The normalized spacial score (nSPS) is 22.8. The zero-order valence-electron chi connectivity index (χ0n) is 11.2. The first-order chi connectivity index (χ1) is 8.67. The highest BCUT2D eigenvalue weighted by molar-refractivity contribution is 5.89. The third-order valence-corrected chi connectivity index (χ3v) is 3.67. The second-order valence-corrected chi connectivity index (χ2v) is 5.19. The number of rotatable bonds is 4. The molecule has 0 heterocycles. The molecular weight excluding hydrogens is 224 g/mol. The minimum absolute atomic E-state index is 0.0286. The summed E-state index contributed by atoms with van der Waals surface area (Å²) in [4.78, 5) is 11.0. The van der Waals surface area contributed by atoms with Crippen molar-refractivity contribution >= 4 is 17.3 Å². The minimum atomic E-state index is -0.0286. The van der Waals surface area contributed by atoms with Gasteiger partial charge in [-0.25, -0.2) is 0 Å². The topological polar surface area (TPSA) is 41.1 Å². The second kappa shape index (κ2) is 5.89. The summed E-state index contributed by atoms with van der Waals surface area (Å²) in [5.41, 5.74) is 1.96. The van der Waals surface area contributed by atoms with Gasteiger partial charge in [-0.05, 0) is 43.4 Å². The van der Waals surface area contributed by atoms with Crippen LogP contribution in [0.25, 0.3) is 0 Å². The van der Waals surface area contributed by atoms with Crippen LogP contribution in [0.15, 0.2) is 24.3 Å². The van der Waals surface area contributed by atoms with Crippen LogP contribution in [0, 0.1) is 5.92 Å². The number of anilines is 2. The van der Waals surface area contributed by atoms with E-state index in [1.807, 2.05) is 18.2 Å². The number of carbonyl (C=O) groups is 1. The number of hydrogen-bond donors (Lipinski definition) is 2. The fourth-order valence-corrected chi connectivity index (χ4v) is 2.70. The fraction of sp³-hybridized carbons (Fsp3) is 0.533. The molecule has 0 radical (unpaired) electrons. The molecular formula is C15H22N2O. The molecule has 1 fully saturated rings. The lowest BCUT2D eigenvalue weighted by atomic mass is 10.1. The van der Waals surface area contributed by atoms with Crippen molar-refractivity contribution in [2.24, 2.45) is 5.92 Å². The number of amides is 1. The first-order valence-electron chi connectivity index (χ1n) is 6.81. The zero-order chi connectivity index (χ0) is 13.0. The maximum absolute atomic E-state index is 11.0. The van der Waals surface area contributed by atoms with E-state index in [0.717, 1.165) is 17.3 Å². The van der Waals surface area contributed by atoms with Crippen LogP contribution >= 0.6 is 0 Å². The van der Waals surface area contributed by atoms with Gasteiger partial charge in [-0.1, -0.05) is 19.4 Å². The van der Waals surface area contributed by atoms with E-state index in [0.29, 0.717) is 6.04 Å². The summed E-state index contributed by atoms with van der Waals surface area (Å²) >= 11 is 0. The van der Waals surface area contributed by atoms with Crippen LogP contribution in [0.5, 0.6) is 0 Å². The molecule has 18 heavy (non-hydrogen) atoms. The maximum Gasteiger partial charge on any atom is 0.221 e. The highest BCUT2D eigenvalue weighted by atomic mass is 16.1. The van der Waals surface area contributed by atoms with Crippen LogP contribution in [0.2, 0.25) is 0 Å². The first kappa shape index (κ1) is 12.9. The highest BCUT2D eigenvalue weighted by Crippen LogP contribution is 2.30. The molecule has 2 N–H and O–H groups in total. The van der Waals surface area contributed by atoms with E-state index in [4.69, 9.17) is 0 Å². The van der Waals surface area contributed by atoms with E-state index in [2.05, 4.69) is 23.6 Å². The summed E-state index contributed by atoms with van der Waals surface area (Å²) in [5, 5.41) is 6.38. The summed E-state index contributed by atoms with van der Waals surface area (Å²) in [6.07, 6.45) is 5.13. The van der Waals surface area contributed by atoms with Gasteiger partial charge in [0.1, 0.15) is 0 Å². The fourth-order valence-electron chi connectivity index (χ4n) is 2.70. The summed E-state index contributed by atoms with van der Waals surface area (Å²) in [6.45, 7) is 3.80. The van der Waals surface area contributed by atoms with E-state index in [1.54, 1.807) is 0 Å². The van der Waals surface area contributed by atoms with Gasteiger partial charge in [0, 0.05) is 24.3 Å². The molecule has 0 aliphatic heterocycles. The number of hydrogen-bond acceptors (Lipinski definition) is 2. The van der Waals surface area contributed by atoms with E-state index in [9.17, 15) is 4.79 Å². The van der Waals surface area contributed by atoms with Crippen LogP contribution in [-0.2, 0) is 4.79 Å². The largest absolute Gasteiger partial charge is 0.382 e. The molecule has 1 amide bonds. The molecule has 2 unspecified atom stereocenters. The van der Waals surface area contributed by atoms with E-state index < -0.39 is 0 Å². The monoisotopic (exact) mass is 246 g/mol. The van der Waals surface area contributed by atoms with Crippen molar-refractivity contribution in [1.82, 2.24) is 0 Å². The van der Waals surface area contributed by atoms with Crippen LogP contribution in [0.3, 0.4) is 0 Å². The van der Waals surface area contributed by atoms with Gasteiger partial charge < -0.3 is 10.6 Å². The average Bonchev–Trinajstić information content (AvgIpc) is 2.76. The number of nitrogens with one attached hydrogen (secondary N) is 2. The number of benzene rings is 1. The average molecular weight is 246 g/mol. The van der Waals surface area contributed by atoms with E-state index in [-0.39, 0.29) is 5.91 Å². The van der Waals surface area contributed by atoms with Crippen molar-refractivity contribution in [3.05, 3.63) is 24.3 Å². The van der Waals surface area contributed by atoms with Gasteiger partial charge in [-0.15, -0.1) is 0 Å². The summed E-state index contributed by atoms with van der Waals surface area (Å²) < 4.78 is 0. The molecule has 0 spiro atoms. The molecule has 0 aromatic heterocycles. The van der Waals surface area contributed by atoms with Crippen LogP contribution in [0.4, 0.5) is 11.4 Å². The van der Waals surface area contributed by atoms with Crippen molar-refractivity contribution in [2.45, 2.75) is 45.6 Å².